The van der Waals surface area contributed by atoms with Gasteiger partial charge in [-0.25, -0.2) is 4.98 Å². The summed E-state index contributed by atoms with van der Waals surface area (Å²) >= 11 is 5.71. The average molecular weight is 200 g/mol. The van der Waals surface area contributed by atoms with Gasteiger partial charge in [0.1, 0.15) is 5.15 Å². The molecule has 1 rings (SSSR count). The quantitative estimate of drug-likeness (QED) is 0.538. The van der Waals surface area contributed by atoms with Crippen molar-refractivity contribution >= 4 is 17.6 Å². The number of aromatic nitrogens is 1. The number of aryl methyl sites for hydroxylation is 1. The fraction of sp³-hybridized carbons (Fsp3) is 0.333. The molecule has 70 valence electrons. The van der Waals surface area contributed by atoms with Crippen molar-refractivity contribution in [3.05, 3.63) is 28.5 Å². The largest absolute Gasteiger partial charge is 0.469 e. The highest BCUT2D eigenvalue weighted by Crippen LogP contribution is 2.11. The minimum Gasteiger partial charge on any atom is -0.469 e. The molecule has 0 saturated heterocycles. The maximum Gasteiger partial charge on any atom is 0.309 e. The highest BCUT2D eigenvalue weighted by molar-refractivity contribution is 6.29. The molecule has 0 amide bonds. The molecule has 1 aromatic heterocycles. The van der Waals surface area contributed by atoms with E-state index in [0.717, 1.165) is 11.3 Å². The Morgan fingerprint density at radius 3 is 2.85 bits per heavy atom. The van der Waals surface area contributed by atoms with Crippen molar-refractivity contribution in [2.24, 2.45) is 0 Å². The summed E-state index contributed by atoms with van der Waals surface area (Å²) in [4.78, 5) is 14.9. The van der Waals surface area contributed by atoms with E-state index in [1.54, 1.807) is 6.07 Å². The van der Waals surface area contributed by atoms with Crippen LogP contribution in [0.1, 0.15) is 11.3 Å². The Labute approximate surface area is 81.7 Å². The predicted molar refractivity (Wildman–Crippen MR) is 49.7 cm³/mol. The van der Waals surface area contributed by atoms with E-state index in [1.165, 1.54) is 7.11 Å². The van der Waals surface area contributed by atoms with Crippen LogP contribution in [-0.2, 0) is 16.0 Å². The van der Waals surface area contributed by atoms with Crippen LogP contribution in [0.2, 0.25) is 5.15 Å². The molecular weight excluding hydrogens is 190 g/mol. The molecule has 1 heterocycles. The number of rotatable bonds is 2. The Morgan fingerprint density at radius 2 is 2.31 bits per heavy atom. The van der Waals surface area contributed by atoms with Gasteiger partial charge in [-0.15, -0.1) is 0 Å². The second-order valence-electron chi connectivity index (χ2n) is 2.69. The lowest BCUT2D eigenvalue weighted by Crippen LogP contribution is -2.04. The molecule has 0 fully saturated rings. The number of carbonyl (C=O) groups excluding carboxylic acids is 1. The van der Waals surface area contributed by atoms with Crippen molar-refractivity contribution in [1.82, 2.24) is 4.98 Å². The monoisotopic (exact) mass is 199 g/mol. The van der Waals surface area contributed by atoms with Gasteiger partial charge in [-0.3, -0.25) is 4.79 Å². The summed E-state index contributed by atoms with van der Waals surface area (Å²) in [5.74, 6) is -0.276. The second kappa shape index (κ2) is 4.23. The van der Waals surface area contributed by atoms with Crippen LogP contribution in [-0.4, -0.2) is 18.1 Å². The van der Waals surface area contributed by atoms with Gasteiger partial charge in [-0.05, 0) is 24.6 Å². The van der Waals surface area contributed by atoms with Gasteiger partial charge in [-0.1, -0.05) is 11.6 Å². The highest BCUT2D eigenvalue weighted by Gasteiger charge is 2.04. The number of halogens is 1. The number of ether oxygens (including phenoxy) is 1. The summed E-state index contributed by atoms with van der Waals surface area (Å²) < 4.78 is 4.53. The number of esters is 1. The van der Waals surface area contributed by atoms with Crippen LogP contribution < -0.4 is 0 Å². The predicted octanol–water partition coefficient (Wildman–Crippen LogP) is 1.76. The molecule has 0 aliphatic heterocycles. The molecule has 0 spiro atoms. The molecule has 13 heavy (non-hydrogen) atoms. The molecule has 0 aliphatic carbocycles. The molecule has 0 atom stereocenters. The number of methoxy groups -OCH3 is 1. The fourth-order valence-electron chi connectivity index (χ4n) is 1.04. The van der Waals surface area contributed by atoms with Crippen molar-refractivity contribution in [2.75, 3.05) is 7.11 Å². The number of hydrogen-bond acceptors (Lipinski definition) is 3. The summed E-state index contributed by atoms with van der Waals surface area (Å²) in [7, 11) is 1.36. The van der Waals surface area contributed by atoms with E-state index in [-0.39, 0.29) is 12.4 Å². The van der Waals surface area contributed by atoms with Crippen LogP contribution in [0, 0.1) is 6.92 Å². The Morgan fingerprint density at radius 1 is 1.62 bits per heavy atom. The molecule has 0 saturated carbocycles. The van der Waals surface area contributed by atoms with Crippen LogP contribution in [0.25, 0.3) is 0 Å². The van der Waals surface area contributed by atoms with Gasteiger partial charge < -0.3 is 4.74 Å². The summed E-state index contributed by atoms with van der Waals surface area (Å²) in [6, 6.07) is 3.47. The maximum atomic E-state index is 10.9. The molecule has 0 bridgehead atoms. The van der Waals surface area contributed by atoms with E-state index >= 15 is 0 Å². The summed E-state index contributed by atoms with van der Waals surface area (Å²) in [5, 5.41) is 0.402. The lowest BCUT2D eigenvalue weighted by atomic mass is 10.2. The van der Waals surface area contributed by atoms with Gasteiger partial charge >= 0.3 is 5.97 Å². The first kappa shape index (κ1) is 9.99. The van der Waals surface area contributed by atoms with Gasteiger partial charge in [0.05, 0.1) is 13.5 Å². The van der Waals surface area contributed by atoms with Gasteiger partial charge in [0.2, 0.25) is 0 Å². The number of pyridine rings is 1. The molecule has 1 aromatic rings. The van der Waals surface area contributed by atoms with Crippen LogP contribution >= 0.6 is 11.6 Å². The van der Waals surface area contributed by atoms with Crippen molar-refractivity contribution in [3.8, 4) is 0 Å². The molecule has 0 aliphatic rings. The van der Waals surface area contributed by atoms with E-state index in [4.69, 9.17) is 11.6 Å². The molecule has 0 unspecified atom stereocenters. The molecule has 0 aromatic carbocycles. The molecule has 0 N–H and O–H groups in total. The van der Waals surface area contributed by atoms with Crippen LogP contribution in [0.4, 0.5) is 0 Å². The van der Waals surface area contributed by atoms with E-state index in [2.05, 4.69) is 9.72 Å². The Kier molecular flexibility index (Phi) is 3.25. The highest BCUT2D eigenvalue weighted by atomic mass is 35.5. The zero-order valence-electron chi connectivity index (χ0n) is 7.50. The van der Waals surface area contributed by atoms with Gasteiger partial charge in [0, 0.05) is 5.69 Å². The first-order valence-electron chi connectivity index (χ1n) is 3.81. The van der Waals surface area contributed by atoms with Crippen LogP contribution in [0.15, 0.2) is 12.1 Å². The van der Waals surface area contributed by atoms with Crippen molar-refractivity contribution in [1.29, 1.82) is 0 Å². The molecule has 3 nitrogen and oxygen atoms in total. The van der Waals surface area contributed by atoms with Gasteiger partial charge in [0.15, 0.2) is 0 Å². The third-order valence-electron chi connectivity index (χ3n) is 1.56. The van der Waals surface area contributed by atoms with E-state index in [9.17, 15) is 4.79 Å². The smallest absolute Gasteiger partial charge is 0.309 e. The Bertz CT molecular complexity index is 305. The topological polar surface area (TPSA) is 39.2 Å². The zero-order chi connectivity index (χ0) is 9.84. The lowest BCUT2D eigenvalue weighted by Gasteiger charge is -2.01. The van der Waals surface area contributed by atoms with E-state index in [0.29, 0.717) is 5.15 Å². The van der Waals surface area contributed by atoms with Crippen molar-refractivity contribution in [2.45, 2.75) is 13.3 Å². The van der Waals surface area contributed by atoms with Crippen LogP contribution in [0.5, 0.6) is 0 Å². The Balaban J connectivity index is 2.83. The minimum atomic E-state index is -0.276. The van der Waals surface area contributed by atoms with Crippen LogP contribution in [0.3, 0.4) is 0 Å². The van der Waals surface area contributed by atoms with E-state index < -0.39 is 0 Å². The standard InChI is InChI=1S/C9H10ClNO2/c1-6-3-7(4-8(10)11-6)5-9(12)13-2/h3-4H,5H2,1-2H3. The second-order valence-corrected chi connectivity index (χ2v) is 3.08. The summed E-state index contributed by atoms with van der Waals surface area (Å²) in [6.07, 6.45) is 0.236. The van der Waals surface area contributed by atoms with Gasteiger partial charge in [0.25, 0.3) is 0 Å². The SMILES string of the molecule is COC(=O)Cc1cc(C)nc(Cl)c1. The average Bonchev–Trinajstić information content (AvgIpc) is 2.02. The third-order valence-corrected chi connectivity index (χ3v) is 1.75. The van der Waals surface area contributed by atoms with Gasteiger partial charge in [-0.2, -0.15) is 0 Å². The Hall–Kier alpha value is -1.09. The molecule has 4 heteroatoms. The normalized spacial score (nSPS) is 9.77. The maximum absolute atomic E-state index is 10.9. The first-order chi connectivity index (χ1) is 6.11. The zero-order valence-corrected chi connectivity index (χ0v) is 8.26. The van der Waals surface area contributed by atoms with Crippen molar-refractivity contribution < 1.29 is 9.53 Å². The molecular formula is C9H10ClNO2. The summed E-state index contributed by atoms with van der Waals surface area (Å²) in [5.41, 5.74) is 1.62. The first-order valence-corrected chi connectivity index (χ1v) is 4.19. The fourth-order valence-corrected chi connectivity index (χ4v) is 1.31. The lowest BCUT2D eigenvalue weighted by molar-refractivity contribution is -0.139. The molecule has 0 radical (unpaired) electrons. The number of carbonyl (C=O) groups is 1. The number of hydrogen-bond donors (Lipinski definition) is 0. The minimum absolute atomic E-state index is 0.236. The number of nitrogens with zero attached hydrogens (tertiary/aromatic N) is 1. The summed E-state index contributed by atoms with van der Waals surface area (Å²) in [6.45, 7) is 1.83. The third kappa shape index (κ3) is 3.03. The van der Waals surface area contributed by atoms with Crippen molar-refractivity contribution in [3.63, 3.8) is 0 Å². The van der Waals surface area contributed by atoms with E-state index in [1.807, 2.05) is 13.0 Å².